The second-order valence-corrected chi connectivity index (χ2v) is 5.43. The van der Waals surface area contributed by atoms with Gasteiger partial charge in [0.25, 0.3) is 0 Å². The third kappa shape index (κ3) is 2.43. The van der Waals surface area contributed by atoms with E-state index in [1.807, 2.05) is 20.8 Å². The summed E-state index contributed by atoms with van der Waals surface area (Å²) in [6.07, 6.45) is 1.35. The van der Waals surface area contributed by atoms with Gasteiger partial charge in [-0.2, -0.15) is 0 Å². The van der Waals surface area contributed by atoms with Gasteiger partial charge < -0.3 is 20.1 Å². The number of hydrogen-bond acceptors (Lipinski definition) is 3. The lowest BCUT2D eigenvalue weighted by atomic mass is 9.89. The molecule has 6 nitrogen and oxygen atoms in total. The molecule has 0 saturated carbocycles. The molecule has 1 amide bonds. The van der Waals surface area contributed by atoms with Crippen molar-refractivity contribution in [1.82, 2.24) is 4.98 Å². The molecule has 0 aliphatic carbocycles. The Morgan fingerprint density at radius 2 is 1.95 bits per heavy atom. The molecular weight excluding hydrogens is 260 g/mol. The van der Waals surface area contributed by atoms with E-state index in [9.17, 15) is 9.59 Å². The molecule has 1 aromatic heterocycles. The van der Waals surface area contributed by atoms with Crippen LogP contribution in [0.4, 0.5) is 5.69 Å². The summed E-state index contributed by atoms with van der Waals surface area (Å²) in [6.45, 7) is 7.44. The molecule has 0 spiro atoms. The molecule has 0 aromatic carbocycles. The Labute approximate surface area is 117 Å². The van der Waals surface area contributed by atoms with E-state index in [2.05, 4.69) is 10.3 Å². The summed E-state index contributed by atoms with van der Waals surface area (Å²) in [5, 5.41) is 11.9. The molecular formula is C14H20N2O4. The van der Waals surface area contributed by atoms with Gasteiger partial charge >= 0.3 is 5.97 Å². The third-order valence-corrected chi connectivity index (χ3v) is 4.09. The number of carboxylic acids is 1. The van der Waals surface area contributed by atoms with Crippen LogP contribution in [-0.2, 0) is 9.53 Å². The highest BCUT2D eigenvalue weighted by Gasteiger charge is 2.41. The molecule has 2 rings (SSSR count). The Balaban J connectivity index is 2.19. The minimum Gasteiger partial charge on any atom is -0.478 e. The predicted molar refractivity (Wildman–Crippen MR) is 73.8 cm³/mol. The maximum Gasteiger partial charge on any atom is 0.339 e. The predicted octanol–water partition coefficient (Wildman–Crippen LogP) is 2.02. The second-order valence-electron chi connectivity index (χ2n) is 5.43. The summed E-state index contributed by atoms with van der Waals surface area (Å²) in [7, 11) is 0. The van der Waals surface area contributed by atoms with Gasteiger partial charge in [0.15, 0.2) is 0 Å². The standard InChI is InChI=1S/C14H20N2O4/c1-6-8(3)20-9(4)11(6)13(17)16-10-5-15-7(2)12(10)14(18)19/h5-6,8-9,11,15H,1-4H3,(H,16,17)(H,18,19). The number of nitrogens with one attached hydrogen (secondary N) is 2. The van der Waals surface area contributed by atoms with Crippen molar-refractivity contribution in [2.24, 2.45) is 11.8 Å². The zero-order chi connectivity index (χ0) is 15.0. The van der Waals surface area contributed by atoms with Gasteiger partial charge in [-0.25, -0.2) is 4.79 Å². The number of carboxylic acid groups (broad SMARTS) is 1. The van der Waals surface area contributed by atoms with Gasteiger partial charge in [0.1, 0.15) is 5.56 Å². The largest absolute Gasteiger partial charge is 0.478 e. The highest BCUT2D eigenvalue weighted by Crippen LogP contribution is 2.33. The number of anilines is 1. The molecule has 0 bridgehead atoms. The van der Waals surface area contributed by atoms with Crippen LogP contribution in [0.1, 0.15) is 36.8 Å². The van der Waals surface area contributed by atoms with E-state index in [1.165, 1.54) is 6.20 Å². The number of ether oxygens (including phenoxy) is 1. The van der Waals surface area contributed by atoms with Crippen molar-refractivity contribution < 1.29 is 19.4 Å². The maximum absolute atomic E-state index is 12.4. The fourth-order valence-electron chi connectivity index (χ4n) is 2.84. The Bertz CT molecular complexity index is 537. The summed E-state index contributed by atoms with van der Waals surface area (Å²) < 4.78 is 5.64. The number of carbonyl (C=O) groups is 2. The minimum absolute atomic E-state index is 0.0210. The lowest BCUT2D eigenvalue weighted by Crippen LogP contribution is -2.32. The molecule has 1 fully saturated rings. The summed E-state index contributed by atoms with van der Waals surface area (Å²) in [5.41, 5.74) is 0.925. The Morgan fingerprint density at radius 1 is 1.30 bits per heavy atom. The fraction of sp³-hybridized carbons (Fsp3) is 0.571. The molecule has 0 radical (unpaired) electrons. The topological polar surface area (TPSA) is 91.4 Å². The van der Waals surface area contributed by atoms with Crippen LogP contribution in [-0.4, -0.2) is 34.2 Å². The van der Waals surface area contributed by atoms with Gasteiger partial charge in [-0.15, -0.1) is 0 Å². The highest BCUT2D eigenvalue weighted by atomic mass is 16.5. The van der Waals surface area contributed by atoms with Crippen molar-refractivity contribution in [2.75, 3.05) is 5.32 Å². The first kappa shape index (κ1) is 14.6. The molecule has 1 aromatic rings. The number of aromatic carboxylic acids is 1. The van der Waals surface area contributed by atoms with Crippen molar-refractivity contribution in [2.45, 2.75) is 39.9 Å². The van der Waals surface area contributed by atoms with E-state index < -0.39 is 5.97 Å². The van der Waals surface area contributed by atoms with Crippen LogP contribution < -0.4 is 5.32 Å². The average Bonchev–Trinajstić information content (AvgIpc) is 2.81. The molecule has 3 N–H and O–H groups in total. The first-order valence-electron chi connectivity index (χ1n) is 6.70. The van der Waals surface area contributed by atoms with Crippen LogP contribution in [0.5, 0.6) is 0 Å². The Kier molecular flexibility index (Phi) is 3.85. The van der Waals surface area contributed by atoms with Crippen LogP contribution in [0.3, 0.4) is 0 Å². The van der Waals surface area contributed by atoms with Crippen LogP contribution >= 0.6 is 0 Å². The number of rotatable bonds is 3. The molecule has 4 unspecified atom stereocenters. The Morgan fingerprint density at radius 3 is 2.45 bits per heavy atom. The first-order valence-corrected chi connectivity index (χ1v) is 6.70. The summed E-state index contributed by atoms with van der Waals surface area (Å²) in [5.74, 6) is -1.44. The Hall–Kier alpha value is -1.82. The molecule has 2 heterocycles. The summed E-state index contributed by atoms with van der Waals surface area (Å²) in [4.78, 5) is 26.4. The zero-order valence-corrected chi connectivity index (χ0v) is 12.1. The van der Waals surface area contributed by atoms with E-state index in [4.69, 9.17) is 9.84 Å². The average molecular weight is 280 g/mol. The van der Waals surface area contributed by atoms with Gasteiger partial charge in [0.2, 0.25) is 5.91 Å². The maximum atomic E-state index is 12.4. The van der Waals surface area contributed by atoms with Crippen LogP contribution in [0.15, 0.2) is 6.20 Å². The number of aryl methyl sites for hydroxylation is 1. The van der Waals surface area contributed by atoms with Gasteiger partial charge in [0, 0.05) is 11.9 Å². The lowest BCUT2D eigenvalue weighted by Gasteiger charge is -2.17. The van der Waals surface area contributed by atoms with E-state index in [0.717, 1.165) is 0 Å². The molecule has 1 saturated heterocycles. The van der Waals surface area contributed by atoms with Crippen LogP contribution in [0, 0.1) is 18.8 Å². The van der Waals surface area contributed by atoms with E-state index >= 15 is 0 Å². The normalized spacial score (nSPS) is 29.4. The number of carbonyl (C=O) groups excluding carboxylic acids is 1. The zero-order valence-electron chi connectivity index (χ0n) is 12.1. The minimum atomic E-state index is -1.06. The summed E-state index contributed by atoms with van der Waals surface area (Å²) in [6, 6.07) is 0. The highest BCUT2D eigenvalue weighted by molar-refractivity contribution is 6.02. The molecule has 110 valence electrons. The van der Waals surface area contributed by atoms with E-state index in [-0.39, 0.29) is 35.5 Å². The molecule has 4 atom stereocenters. The summed E-state index contributed by atoms with van der Waals surface area (Å²) >= 11 is 0. The number of H-pyrrole nitrogens is 1. The van der Waals surface area contributed by atoms with Gasteiger partial charge in [-0.1, -0.05) is 6.92 Å². The van der Waals surface area contributed by atoms with E-state index in [1.54, 1.807) is 6.92 Å². The smallest absolute Gasteiger partial charge is 0.339 e. The molecule has 6 heteroatoms. The van der Waals surface area contributed by atoms with Crippen molar-refractivity contribution >= 4 is 17.6 Å². The quantitative estimate of drug-likeness (QED) is 0.790. The van der Waals surface area contributed by atoms with Gasteiger partial charge in [-0.3, -0.25) is 4.79 Å². The van der Waals surface area contributed by atoms with Crippen molar-refractivity contribution in [3.63, 3.8) is 0 Å². The van der Waals surface area contributed by atoms with Crippen molar-refractivity contribution in [1.29, 1.82) is 0 Å². The van der Waals surface area contributed by atoms with Crippen LogP contribution in [0.2, 0.25) is 0 Å². The van der Waals surface area contributed by atoms with Gasteiger partial charge in [0.05, 0.1) is 23.8 Å². The third-order valence-electron chi connectivity index (χ3n) is 4.09. The lowest BCUT2D eigenvalue weighted by molar-refractivity contribution is -0.121. The molecule has 1 aliphatic rings. The second kappa shape index (κ2) is 5.28. The number of aromatic nitrogens is 1. The molecule has 1 aliphatic heterocycles. The number of hydrogen-bond donors (Lipinski definition) is 3. The van der Waals surface area contributed by atoms with Crippen LogP contribution in [0.25, 0.3) is 0 Å². The first-order chi connectivity index (χ1) is 9.32. The fourth-order valence-corrected chi connectivity index (χ4v) is 2.84. The SMILES string of the molecule is Cc1[nH]cc(NC(=O)C2C(C)OC(C)C2C)c1C(=O)O. The number of aromatic amines is 1. The number of amides is 1. The van der Waals surface area contributed by atoms with Crippen molar-refractivity contribution in [3.8, 4) is 0 Å². The van der Waals surface area contributed by atoms with Crippen molar-refractivity contribution in [3.05, 3.63) is 17.5 Å². The van der Waals surface area contributed by atoms with E-state index in [0.29, 0.717) is 11.4 Å². The van der Waals surface area contributed by atoms with Gasteiger partial charge in [-0.05, 0) is 26.7 Å². The monoisotopic (exact) mass is 280 g/mol. The molecule has 20 heavy (non-hydrogen) atoms.